The van der Waals surface area contributed by atoms with Crippen molar-refractivity contribution in [2.75, 3.05) is 5.73 Å². The SMILES string of the molecule is Cc1nccc(C(=O)OC(C)(C)C)c1N. The number of aryl methyl sites for hydroxylation is 1. The number of aromatic nitrogens is 1. The highest BCUT2D eigenvalue weighted by Gasteiger charge is 2.20. The zero-order chi connectivity index (χ0) is 11.6. The molecule has 0 atom stereocenters. The molecule has 0 aromatic carbocycles. The molecule has 0 amide bonds. The molecule has 0 saturated heterocycles. The summed E-state index contributed by atoms with van der Waals surface area (Å²) in [5.74, 6) is -0.412. The summed E-state index contributed by atoms with van der Waals surface area (Å²) in [5.41, 5.74) is 6.62. The highest BCUT2D eigenvalue weighted by molar-refractivity contribution is 5.95. The van der Waals surface area contributed by atoms with Gasteiger partial charge in [-0.15, -0.1) is 0 Å². The Morgan fingerprint density at radius 1 is 1.47 bits per heavy atom. The maximum absolute atomic E-state index is 11.7. The van der Waals surface area contributed by atoms with E-state index in [2.05, 4.69) is 4.98 Å². The average Bonchev–Trinajstić information content (AvgIpc) is 2.06. The Hall–Kier alpha value is -1.58. The number of nitrogens with two attached hydrogens (primary N) is 1. The summed E-state index contributed by atoms with van der Waals surface area (Å²) in [4.78, 5) is 15.7. The fourth-order valence-electron chi connectivity index (χ4n) is 1.09. The van der Waals surface area contributed by atoms with Crippen molar-refractivity contribution in [2.45, 2.75) is 33.3 Å². The van der Waals surface area contributed by atoms with Crippen LogP contribution < -0.4 is 5.73 Å². The van der Waals surface area contributed by atoms with Gasteiger partial charge < -0.3 is 10.5 Å². The number of hydrogen-bond donors (Lipinski definition) is 1. The second-order valence-corrected chi connectivity index (χ2v) is 4.36. The number of esters is 1. The topological polar surface area (TPSA) is 65.2 Å². The van der Waals surface area contributed by atoms with Gasteiger partial charge in [0.25, 0.3) is 0 Å². The molecule has 2 N–H and O–H groups in total. The first-order chi connectivity index (χ1) is 6.81. The quantitative estimate of drug-likeness (QED) is 0.716. The first-order valence-electron chi connectivity index (χ1n) is 4.75. The fraction of sp³-hybridized carbons (Fsp3) is 0.455. The first-order valence-corrected chi connectivity index (χ1v) is 4.75. The summed E-state index contributed by atoms with van der Waals surface area (Å²) >= 11 is 0. The lowest BCUT2D eigenvalue weighted by molar-refractivity contribution is 0.00706. The molecule has 1 aromatic heterocycles. The van der Waals surface area contributed by atoms with E-state index in [1.54, 1.807) is 19.2 Å². The van der Waals surface area contributed by atoms with Crippen LogP contribution >= 0.6 is 0 Å². The molecule has 4 heteroatoms. The van der Waals surface area contributed by atoms with Gasteiger partial charge in [-0.05, 0) is 33.8 Å². The van der Waals surface area contributed by atoms with Crippen LogP contribution in [0.4, 0.5) is 5.69 Å². The van der Waals surface area contributed by atoms with Crippen LogP contribution in [-0.2, 0) is 4.74 Å². The Labute approximate surface area is 89.5 Å². The van der Waals surface area contributed by atoms with Crippen LogP contribution in [0.2, 0.25) is 0 Å². The molecule has 82 valence electrons. The second-order valence-electron chi connectivity index (χ2n) is 4.36. The number of pyridine rings is 1. The summed E-state index contributed by atoms with van der Waals surface area (Å²) < 4.78 is 5.21. The molecule has 0 fully saturated rings. The second kappa shape index (κ2) is 3.88. The van der Waals surface area contributed by atoms with Crippen LogP contribution in [0.25, 0.3) is 0 Å². The molecule has 0 radical (unpaired) electrons. The lowest BCUT2D eigenvalue weighted by atomic mass is 10.1. The molecule has 0 bridgehead atoms. The van der Waals surface area contributed by atoms with Crippen LogP contribution in [0.1, 0.15) is 36.8 Å². The van der Waals surface area contributed by atoms with Gasteiger partial charge in [0, 0.05) is 6.20 Å². The molecule has 1 aromatic rings. The van der Waals surface area contributed by atoms with E-state index in [1.807, 2.05) is 20.8 Å². The first kappa shape index (κ1) is 11.5. The molecule has 1 rings (SSSR count). The zero-order valence-electron chi connectivity index (χ0n) is 9.50. The number of ether oxygens (including phenoxy) is 1. The van der Waals surface area contributed by atoms with Crippen molar-refractivity contribution in [1.82, 2.24) is 4.98 Å². The highest BCUT2D eigenvalue weighted by atomic mass is 16.6. The van der Waals surface area contributed by atoms with Gasteiger partial charge in [0.2, 0.25) is 0 Å². The highest BCUT2D eigenvalue weighted by Crippen LogP contribution is 2.18. The van der Waals surface area contributed by atoms with Crippen molar-refractivity contribution in [3.05, 3.63) is 23.5 Å². The Bertz CT molecular complexity index is 381. The number of carbonyl (C=O) groups excluding carboxylic acids is 1. The summed E-state index contributed by atoms with van der Waals surface area (Å²) in [7, 11) is 0. The van der Waals surface area contributed by atoms with E-state index < -0.39 is 11.6 Å². The molecular weight excluding hydrogens is 192 g/mol. The van der Waals surface area contributed by atoms with Crippen molar-refractivity contribution < 1.29 is 9.53 Å². The Morgan fingerprint density at radius 2 is 2.07 bits per heavy atom. The van der Waals surface area contributed by atoms with E-state index in [0.29, 0.717) is 16.9 Å². The van der Waals surface area contributed by atoms with Gasteiger partial charge in [-0.25, -0.2) is 4.79 Å². The van der Waals surface area contributed by atoms with E-state index in [4.69, 9.17) is 10.5 Å². The minimum Gasteiger partial charge on any atom is -0.456 e. The molecule has 0 saturated carbocycles. The molecule has 15 heavy (non-hydrogen) atoms. The van der Waals surface area contributed by atoms with Crippen LogP contribution in [0.5, 0.6) is 0 Å². The van der Waals surface area contributed by atoms with Crippen molar-refractivity contribution in [1.29, 1.82) is 0 Å². The number of hydrogen-bond acceptors (Lipinski definition) is 4. The van der Waals surface area contributed by atoms with Gasteiger partial charge in [-0.2, -0.15) is 0 Å². The van der Waals surface area contributed by atoms with E-state index >= 15 is 0 Å². The predicted molar refractivity (Wildman–Crippen MR) is 58.6 cm³/mol. The Kier molecular flexibility index (Phi) is 2.98. The largest absolute Gasteiger partial charge is 0.456 e. The lowest BCUT2D eigenvalue weighted by Crippen LogP contribution is -2.24. The van der Waals surface area contributed by atoms with Gasteiger partial charge in [0.15, 0.2) is 0 Å². The minimum absolute atomic E-state index is 0.373. The van der Waals surface area contributed by atoms with Crippen LogP contribution in [-0.4, -0.2) is 16.6 Å². The summed E-state index contributed by atoms with van der Waals surface area (Å²) in [6, 6.07) is 1.57. The number of carbonyl (C=O) groups is 1. The molecule has 0 aliphatic carbocycles. The minimum atomic E-state index is -0.513. The van der Waals surface area contributed by atoms with Crippen molar-refractivity contribution in [3.63, 3.8) is 0 Å². The molecule has 1 heterocycles. The summed E-state index contributed by atoms with van der Waals surface area (Å²) in [6.45, 7) is 7.20. The van der Waals surface area contributed by atoms with E-state index in [9.17, 15) is 4.79 Å². The third-order valence-corrected chi connectivity index (χ3v) is 1.81. The van der Waals surface area contributed by atoms with Crippen molar-refractivity contribution in [3.8, 4) is 0 Å². The Morgan fingerprint density at radius 3 is 2.60 bits per heavy atom. The number of anilines is 1. The predicted octanol–water partition coefficient (Wildman–Crippen LogP) is 1.93. The number of nitrogen functional groups attached to an aromatic ring is 1. The van der Waals surface area contributed by atoms with Crippen molar-refractivity contribution >= 4 is 11.7 Å². The normalized spacial score (nSPS) is 11.2. The van der Waals surface area contributed by atoms with Gasteiger partial charge in [0.05, 0.1) is 16.9 Å². The molecular formula is C11H16N2O2. The molecule has 0 spiro atoms. The third kappa shape index (κ3) is 2.94. The standard InChI is InChI=1S/C11H16N2O2/c1-7-9(12)8(5-6-13-7)10(14)15-11(2,3)4/h5-6H,12H2,1-4H3. The number of nitrogens with zero attached hydrogens (tertiary/aromatic N) is 1. The van der Waals surface area contributed by atoms with Crippen molar-refractivity contribution in [2.24, 2.45) is 0 Å². The molecule has 0 aliphatic rings. The number of rotatable bonds is 1. The molecule has 0 unspecified atom stereocenters. The molecule has 4 nitrogen and oxygen atoms in total. The van der Waals surface area contributed by atoms with Crippen LogP contribution in [0.3, 0.4) is 0 Å². The summed E-state index contributed by atoms with van der Waals surface area (Å²) in [5, 5.41) is 0. The van der Waals surface area contributed by atoms with Gasteiger partial charge in [-0.3, -0.25) is 4.98 Å². The van der Waals surface area contributed by atoms with Crippen LogP contribution in [0, 0.1) is 6.92 Å². The summed E-state index contributed by atoms with van der Waals surface area (Å²) in [6.07, 6.45) is 1.55. The van der Waals surface area contributed by atoms with Crippen LogP contribution in [0.15, 0.2) is 12.3 Å². The average molecular weight is 208 g/mol. The lowest BCUT2D eigenvalue weighted by Gasteiger charge is -2.20. The third-order valence-electron chi connectivity index (χ3n) is 1.81. The fourth-order valence-corrected chi connectivity index (χ4v) is 1.09. The Balaban J connectivity index is 2.97. The van der Waals surface area contributed by atoms with E-state index in [1.165, 1.54) is 0 Å². The van der Waals surface area contributed by atoms with E-state index in [-0.39, 0.29) is 0 Å². The van der Waals surface area contributed by atoms with Gasteiger partial charge >= 0.3 is 5.97 Å². The maximum Gasteiger partial charge on any atom is 0.340 e. The smallest absolute Gasteiger partial charge is 0.340 e. The zero-order valence-corrected chi connectivity index (χ0v) is 9.50. The maximum atomic E-state index is 11.7. The van der Waals surface area contributed by atoms with Gasteiger partial charge in [0.1, 0.15) is 5.60 Å². The monoisotopic (exact) mass is 208 g/mol. The van der Waals surface area contributed by atoms with Gasteiger partial charge in [-0.1, -0.05) is 0 Å². The molecule has 0 aliphatic heterocycles. The van der Waals surface area contributed by atoms with E-state index in [0.717, 1.165) is 0 Å².